The molecule has 1 aliphatic heterocycles. The highest BCUT2D eigenvalue weighted by molar-refractivity contribution is 7.40. The predicted octanol–water partition coefficient (Wildman–Crippen LogP) is 2.69. The highest BCUT2D eigenvalue weighted by atomic mass is 31.1. The topological polar surface area (TPSA) is 61.8 Å². The molecular weight excluding hydrogens is 231 g/mol. The average molecular weight is 241 g/mol. The minimum atomic E-state index is -2.07. The first-order chi connectivity index (χ1) is 7.75. The van der Waals surface area contributed by atoms with Gasteiger partial charge in [-0.3, -0.25) is 4.52 Å². The summed E-state index contributed by atoms with van der Waals surface area (Å²) in [6, 6.07) is 8.75. The molecule has 1 aromatic carbocycles. The van der Waals surface area contributed by atoms with Gasteiger partial charge in [0, 0.05) is 0 Å². The van der Waals surface area contributed by atoms with Crippen LogP contribution in [0, 0.1) is 0 Å². The second kappa shape index (κ2) is 4.94. The van der Waals surface area contributed by atoms with E-state index < -0.39 is 20.0 Å². The number of ether oxygens (including phenoxy) is 2. The quantitative estimate of drug-likeness (QED) is 0.601. The lowest BCUT2D eigenvalue weighted by molar-refractivity contribution is 0.00292. The van der Waals surface area contributed by atoms with Crippen molar-refractivity contribution in [1.82, 2.24) is 0 Å². The van der Waals surface area contributed by atoms with E-state index in [0.29, 0.717) is 12.2 Å². The van der Waals surface area contributed by atoms with Crippen molar-refractivity contribution < 1.29 is 23.4 Å². The second-order valence-corrected chi connectivity index (χ2v) is 4.48. The van der Waals surface area contributed by atoms with Gasteiger partial charge in [0.2, 0.25) is 0 Å². The summed E-state index contributed by atoms with van der Waals surface area (Å²) in [4.78, 5) is 10.8. The Morgan fingerprint density at radius 2 is 2.06 bits per heavy atom. The Morgan fingerprint density at radius 3 is 2.75 bits per heavy atom. The molecule has 0 aliphatic carbocycles. The predicted molar refractivity (Wildman–Crippen MR) is 55.5 cm³/mol. The smallest absolute Gasteiger partial charge is 0.434 e. The lowest BCUT2D eigenvalue weighted by Gasteiger charge is -2.13. The van der Waals surface area contributed by atoms with Gasteiger partial charge in [0.25, 0.3) is 0 Å². The first-order valence-corrected chi connectivity index (χ1v) is 6.03. The number of rotatable bonds is 3. The van der Waals surface area contributed by atoms with Crippen molar-refractivity contribution >= 4 is 14.2 Å². The largest absolute Gasteiger partial charge is 0.601 e. The van der Waals surface area contributed by atoms with E-state index in [1.54, 1.807) is 24.3 Å². The summed E-state index contributed by atoms with van der Waals surface area (Å²) in [6.45, 7) is 0.211. The zero-order chi connectivity index (χ0) is 11.4. The van der Waals surface area contributed by atoms with Crippen LogP contribution in [0.15, 0.2) is 30.3 Å². The molecule has 1 fully saturated rings. The van der Waals surface area contributed by atoms with Crippen molar-refractivity contribution in [3.8, 4) is 5.75 Å². The Balaban J connectivity index is 1.95. The number of carbonyl (C=O) groups is 1. The van der Waals surface area contributed by atoms with Crippen LogP contribution in [0.25, 0.3) is 0 Å². The van der Waals surface area contributed by atoms with E-state index in [0.717, 1.165) is 0 Å². The van der Waals surface area contributed by atoms with Crippen molar-refractivity contribution in [2.24, 2.45) is 0 Å². The lowest BCUT2D eigenvalue weighted by atomic mass is 10.3. The fourth-order valence-corrected chi connectivity index (χ4v) is 2.17. The Bertz CT molecular complexity index is 391. The van der Waals surface area contributed by atoms with E-state index in [1.807, 2.05) is 6.07 Å². The van der Waals surface area contributed by atoms with Gasteiger partial charge in [-0.2, -0.15) is 0 Å². The zero-order valence-corrected chi connectivity index (χ0v) is 9.26. The van der Waals surface area contributed by atoms with Gasteiger partial charge in [-0.15, -0.1) is 0 Å². The molecule has 1 aromatic rings. The number of para-hydroxylation sites is 1. The summed E-state index contributed by atoms with van der Waals surface area (Å²) < 4.78 is 26.2. The van der Waals surface area contributed by atoms with E-state index in [1.165, 1.54) is 0 Å². The molecule has 0 saturated carbocycles. The van der Waals surface area contributed by atoms with E-state index in [2.05, 4.69) is 4.74 Å². The Labute approximate surface area is 93.2 Å². The summed E-state index contributed by atoms with van der Waals surface area (Å²) in [5.74, 6) is -0.234. The van der Waals surface area contributed by atoms with Crippen LogP contribution in [0.5, 0.6) is 5.75 Å². The van der Waals surface area contributed by atoms with Crippen LogP contribution in [-0.2, 0) is 14.0 Å². The fraction of sp³-hybridized carbons (Fsp3) is 0.300. The number of benzene rings is 1. The summed E-state index contributed by atoms with van der Waals surface area (Å²) in [5.41, 5.74) is 0. The van der Waals surface area contributed by atoms with Gasteiger partial charge < -0.3 is 9.47 Å². The SMILES string of the molecule is O=C1OCCC([P+](=O)Oc2ccccc2)O1. The van der Waals surface area contributed by atoms with Crippen LogP contribution < -0.4 is 4.52 Å². The molecule has 2 unspecified atom stereocenters. The zero-order valence-electron chi connectivity index (χ0n) is 8.37. The molecule has 2 atom stereocenters. The molecular formula is C10H10O5P+. The van der Waals surface area contributed by atoms with Crippen molar-refractivity contribution in [1.29, 1.82) is 0 Å². The average Bonchev–Trinajstić information content (AvgIpc) is 2.30. The highest BCUT2D eigenvalue weighted by Gasteiger charge is 2.41. The number of carbonyl (C=O) groups excluding carboxylic acids is 1. The van der Waals surface area contributed by atoms with Crippen LogP contribution in [0.3, 0.4) is 0 Å². The minimum Gasteiger partial charge on any atom is -0.434 e. The molecule has 0 aromatic heterocycles. The maximum Gasteiger partial charge on any atom is 0.601 e. The Hall–Kier alpha value is -1.61. The Kier molecular flexibility index (Phi) is 3.37. The maximum absolute atomic E-state index is 11.7. The number of hydrogen-bond acceptors (Lipinski definition) is 5. The molecule has 6 heteroatoms. The van der Waals surface area contributed by atoms with Crippen LogP contribution in [-0.4, -0.2) is 18.6 Å². The Morgan fingerprint density at radius 1 is 1.31 bits per heavy atom. The van der Waals surface area contributed by atoms with Gasteiger partial charge in [0.1, 0.15) is 6.61 Å². The van der Waals surface area contributed by atoms with Gasteiger partial charge in [0.05, 0.1) is 6.42 Å². The van der Waals surface area contributed by atoms with Crippen LogP contribution in [0.4, 0.5) is 4.79 Å². The first kappa shape index (κ1) is 10.9. The van der Waals surface area contributed by atoms with Gasteiger partial charge >= 0.3 is 20.0 Å². The van der Waals surface area contributed by atoms with E-state index >= 15 is 0 Å². The summed E-state index contributed by atoms with van der Waals surface area (Å²) in [6.07, 6.45) is -0.412. The third-order valence-electron chi connectivity index (χ3n) is 1.99. The van der Waals surface area contributed by atoms with Gasteiger partial charge in [-0.05, 0) is 16.7 Å². The monoisotopic (exact) mass is 241 g/mol. The molecule has 1 saturated heterocycles. The summed E-state index contributed by atoms with van der Waals surface area (Å²) >= 11 is 0. The van der Waals surface area contributed by atoms with E-state index in [4.69, 9.17) is 9.26 Å². The molecule has 0 radical (unpaired) electrons. The van der Waals surface area contributed by atoms with E-state index in [-0.39, 0.29) is 6.61 Å². The van der Waals surface area contributed by atoms with Crippen molar-refractivity contribution in [2.75, 3.05) is 6.61 Å². The van der Waals surface area contributed by atoms with Crippen LogP contribution in [0.2, 0.25) is 0 Å². The number of hydrogen-bond donors (Lipinski definition) is 0. The van der Waals surface area contributed by atoms with Crippen molar-refractivity contribution in [3.63, 3.8) is 0 Å². The van der Waals surface area contributed by atoms with Gasteiger partial charge in [-0.25, -0.2) is 4.79 Å². The van der Waals surface area contributed by atoms with Crippen LogP contribution in [0.1, 0.15) is 6.42 Å². The molecule has 0 spiro atoms. The fourth-order valence-electron chi connectivity index (χ4n) is 1.24. The molecule has 1 heterocycles. The normalized spacial score (nSPS) is 20.6. The van der Waals surface area contributed by atoms with Crippen LogP contribution >= 0.6 is 8.03 Å². The third-order valence-corrected chi connectivity index (χ3v) is 3.22. The van der Waals surface area contributed by atoms with Crippen molar-refractivity contribution in [2.45, 2.75) is 12.3 Å². The van der Waals surface area contributed by atoms with E-state index in [9.17, 15) is 9.36 Å². The standard InChI is InChI=1S/C10H10O5P/c11-10-13-7-6-9(14-10)16(12)15-8-4-2-1-3-5-8/h1-5,9H,6-7H2/q+1. The van der Waals surface area contributed by atoms with Gasteiger partial charge in [-0.1, -0.05) is 18.2 Å². The van der Waals surface area contributed by atoms with Gasteiger partial charge in [0.15, 0.2) is 5.75 Å². The second-order valence-electron chi connectivity index (χ2n) is 3.15. The van der Waals surface area contributed by atoms with Crippen molar-refractivity contribution in [3.05, 3.63) is 30.3 Å². The minimum absolute atomic E-state index is 0.211. The highest BCUT2D eigenvalue weighted by Crippen LogP contribution is 2.35. The molecule has 0 bridgehead atoms. The molecule has 2 rings (SSSR count). The molecule has 16 heavy (non-hydrogen) atoms. The third kappa shape index (κ3) is 2.70. The summed E-state index contributed by atoms with van der Waals surface area (Å²) in [7, 11) is -2.07. The number of cyclic esters (lactones) is 2. The molecule has 1 aliphatic rings. The molecule has 84 valence electrons. The molecule has 5 nitrogen and oxygen atoms in total. The lowest BCUT2D eigenvalue weighted by Crippen LogP contribution is -2.25. The summed E-state index contributed by atoms with van der Waals surface area (Å²) in [5, 5.41) is 0. The maximum atomic E-state index is 11.7. The first-order valence-electron chi connectivity index (χ1n) is 4.78. The molecule has 0 N–H and O–H groups in total. The molecule has 0 amide bonds.